The largest absolute Gasteiger partial charge is 0.353 e. The molecule has 1 aliphatic rings. The fourth-order valence-corrected chi connectivity index (χ4v) is 2.88. The minimum atomic E-state index is -3.25. The Morgan fingerprint density at radius 3 is 2.60 bits per heavy atom. The number of sulfone groups is 1. The van der Waals surface area contributed by atoms with E-state index in [1.807, 2.05) is 0 Å². The Balaban J connectivity index is 2.13. The molecular formula is C10H12O4S. The summed E-state index contributed by atoms with van der Waals surface area (Å²) in [6.45, 7) is 0.543. The predicted octanol–water partition coefficient (Wildman–Crippen LogP) is 0.833. The minimum absolute atomic E-state index is 0.0169. The van der Waals surface area contributed by atoms with Crippen LogP contribution in [0.25, 0.3) is 0 Å². The van der Waals surface area contributed by atoms with Crippen molar-refractivity contribution in [3.63, 3.8) is 0 Å². The molecule has 0 radical (unpaired) electrons. The molecule has 5 heteroatoms. The number of ether oxygens (including phenoxy) is 2. The molecule has 1 aromatic rings. The normalized spacial score (nSPS) is 21.7. The van der Waals surface area contributed by atoms with Crippen molar-refractivity contribution in [1.29, 1.82) is 0 Å². The Morgan fingerprint density at radius 2 is 2.00 bits per heavy atom. The first-order valence-corrected chi connectivity index (χ1v) is 6.31. The molecular weight excluding hydrogens is 216 g/mol. The van der Waals surface area contributed by atoms with Crippen LogP contribution in [-0.4, -0.2) is 33.7 Å². The van der Waals surface area contributed by atoms with Gasteiger partial charge in [0.15, 0.2) is 9.84 Å². The van der Waals surface area contributed by atoms with Crippen LogP contribution < -0.4 is 0 Å². The zero-order chi connectivity index (χ0) is 10.7. The van der Waals surface area contributed by atoms with E-state index in [-0.39, 0.29) is 18.6 Å². The molecule has 15 heavy (non-hydrogen) atoms. The Hall–Kier alpha value is -0.910. The third kappa shape index (κ3) is 2.56. The monoisotopic (exact) mass is 228 g/mol. The van der Waals surface area contributed by atoms with E-state index in [1.165, 1.54) is 0 Å². The SMILES string of the molecule is O=S(=O)(CC1COCO1)c1ccccc1. The second-order valence-corrected chi connectivity index (χ2v) is 5.41. The van der Waals surface area contributed by atoms with Gasteiger partial charge in [-0.3, -0.25) is 0 Å². The maximum atomic E-state index is 11.9. The predicted molar refractivity (Wildman–Crippen MR) is 54.2 cm³/mol. The Bertz CT molecular complexity index is 406. The van der Waals surface area contributed by atoms with E-state index in [1.54, 1.807) is 30.3 Å². The molecule has 2 rings (SSSR count). The van der Waals surface area contributed by atoms with Crippen LogP contribution in [0.4, 0.5) is 0 Å². The van der Waals surface area contributed by atoms with Gasteiger partial charge in [0.05, 0.1) is 23.4 Å². The topological polar surface area (TPSA) is 52.6 Å². The van der Waals surface area contributed by atoms with E-state index in [0.29, 0.717) is 11.5 Å². The first kappa shape index (κ1) is 10.6. The molecule has 1 saturated heterocycles. The first-order chi connectivity index (χ1) is 7.18. The fraction of sp³-hybridized carbons (Fsp3) is 0.400. The van der Waals surface area contributed by atoms with Crippen molar-refractivity contribution in [2.75, 3.05) is 19.2 Å². The van der Waals surface area contributed by atoms with Crippen LogP contribution >= 0.6 is 0 Å². The van der Waals surface area contributed by atoms with Crippen LogP contribution in [0.15, 0.2) is 35.2 Å². The Labute approximate surface area is 88.7 Å². The number of benzene rings is 1. The summed E-state index contributed by atoms with van der Waals surface area (Å²) in [5.41, 5.74) is 0. The zero-order valence-corrected chi connectivity index (χ0v) is 8.94. The van der Waals surface area contributed by atoms with Gasteiger partial charge < -0.3 is 9.47 Å². The molecule has 1 fully saturated rings. The van der Waals surface area contributed by atoms with E-state index in [4.69, 9.17) is 9.47 Å². The lowest BCUT2D eigenvalue weighted by Gasteiger charge is -2.08. The van der Waals surface area contributed by atoms with Gasteiger partial charge in [-0.05, 0) is 12.1 Å². The highest BCUT2D eigenvalue weighted by Crippen LogP contribution is 2.14. The van der Waals surface area contributed by atoms with Crippen LogP contribution in [0.2, 0.25) is 0 Å². The van der Waals surface area contributed by atoms with Crippen molar-refractivity contribution < 1.29 is 17.9 Å². The molecule has 4 nitrogen and oxygen atoms in total. The average molecular weight is 228 g/mol. The van der Waals surface area contributed by atoms with Crippen molar-refractivity contribution in [3.8, 4) is 0 Å². The minimum Gasteiger partial charge on any atom is -0.353 e. The Morgan fingerprint density at radius 1 is 1.27 bits per heavy atom. The first-order valence-electron chi connectivity index (χ1n) is 4.66. The van der Waals surface area contributed by atoms with E-state index < -0.39 is 9.84 Å². The van der Waals surface area contributed by atoms with Gasteiger partial charge in [-0.15, -0.1) is 0 Å². The van der Waals surface area contributed by atoms with E-state index in [9.17, 15) is 8.42 Å². The van der Waals surface area contributed by atoms with Crippen LogP contribution in [0.1, 0.15) is 0 Å². The summed E-state index contributed by atoms with van der Waals surface area (Å²) in [7, 11) is -3.25. The number of hydrogen-bond donors (Lipinski definition) is 0. The van der Waals surface area contributed by atoms with Gasteiger partial charge in [0.1, 0.15) is 6.79 Å². The van der Waals surface area contributed by atoms with Crippen LogP contribution in [-0.2, 0) is 19.3 Å². The van der Waals surface area contributed by atoms with Gasteiger partial charge >= 0.3 is 0 Å². The van der Waals surface area contributed by atoms with E-state index >= 15 is 0 Å². The van der Waals surface area contributed by atoms with Gasteiger partial charge in [0, 0.05) is 0 Å². The molecule has 0 amide bonds. The average Bonchev–Trinajstić information content (AvgIpc) is 2.71. The van der Waals surface area contributed by atoms with Gasteiger partial charge in [-0.25, -0.2) is 8.42 Å². The van der Waals surface area contributed by atoms with Crippen LogP contribution in [0, 0.1) is 0 Å². The van der Waals surface area contributed by atoms with Crippen LogP contribution in [0.3, 0.4) is 0 Å². The van der Waals surface area contributed by atoms with Gasteiger partial charge in [-0.2, -0.15) is 0 Å². The molecule has 1 heterocycles. The van der Waals surface area contributed by atoms with Gasteiger partial charge in [-0.1, -0.05) is 18.2 Å². The molecule has 0 bridgehead atoms. The summed E-state index contributed by atoms with van der Waals surface area (Å²) in [4.78, 5) is 0.334. The smallest absolute Gasteiger partial charge is 0.181 e. The molecule has 1 aliphatic heterocycles. The van der Waals surface area contributed by atoms with Gasteiger partial charge in [0.2, 0.25) is 0 Å². The third-order valence-electron chi connectivity index (χ3n) is 2.20. The van der Waals surface area contributed by atoms with E-state index in [2.05, 4.69) is 0 Å². The highest BCUT2D eigenvalue weighted by atomic mass is 32.2. The summed E-state index contributed by atoms with van der Waals surface area (Å²) in [6.07, 6.45) is -0.338. The molecule has 1 atom stereocenters. The summed E-state index contributed by atoms with van der Waals surface area (Å²) in [5, 5.41) is 0. The summed E-state index contributed by atoms with van der Waals surface area (Å²) >= 11 is 0. The standard InChI is InChI=1S/C10H12O4S/c11-15(12,7-9-6-13-8-14-9)10-4-2-1-3-5-10/h1-5,9H,6-8H2. The maximum absolute atomic E-state index is 11.9. The summed E-state index contributed by atoms with van der Waals surface area (Å²) < 4.78 is 33.8. The summed E-state index contributed by atoms with van der Waals surface area (Å²) in [5.74, 6) is -0.0169. The molecule has 0 spiro atoms. The van der Waals surface area contributed by atoms with E-state index in [0.717, 1.165) is 0 Å². The molecule has 0 aromatic heterocycles. The quantitative estimate of drug-likeness (QED) is 0.769. The lowest BCUT2D eigenvalue weighted by molar-refractivity contribution is 0.0521. The second-order valence-electron chi connectivity index (χ2n) is 3.37. The molecule has 1 aromatic carbocycles. The van der Waals surface area contributed by atoms with Crippen molar-refractivity contribution >= 4 is 9.84 Å². The molecule has 0 aliphatic carbocycles. The third-order valence-corrected chi connectivity index (χ3v) is 4.00. The van der Waals surface area contributed by atoms with Crippen molar-refractivity contribution in [1.82, 2.24) is 0 Å². The van der Waals surface area contributed by atoms with Crippen molar-refractivity contribution in [2.24, 2.45) is 0 Å². The highest BCUT2D eigenvalue weighted by Gasteiger charge is 2.24. The van der Waals surface area contributed by atoms with Crippen molar-refractivity contribution in [3.05, 3.63) is 30.3 Å². The fourth-order valence-electron chi connectivity index (χ4n) is 1.44. The molecule has 1 unspecified atom stereocenters. The maximum Gasteiger partial charge on any atom is 0.181 e. The lowest BCUT2D eigenvalue weighted by Crippen LogP contribution is -2.22. The Kier molecular flexibility index (Phi) is 3.04. The van der Waals surface area contributed by atoms with Crippen molar-refractivity contribution in [2.45, 2.75) is 11.0 Å². The highest BCUT2D eigenvalue weighted by molar-refractivity contribution is 7.91. The molecule has 82 valence electrons. The second kappa shape index (κ2) is 4.30. The number of hydrogen-bond acceptors (Lipinski definition) is 4. The lowest BCUT2D eigenvalue weighted by atomic mass is 10.4. The summed E-state index contributed by atoms with van der Waals surface area (Å²) in [6, 6.07) is 8.38. The molecule has 0 saturated carbocycles. The van der Waals surface area contributed by atoms with Gasteiger partial charge in [0.25, 0.3) is 0 Å². The van der Waals surface area contributed by atoms with Crippen LogP contribution in [0.5, 0.6) is 0 Å². The zero-order valence-electron chi connectivity index (χ0n) is 8.13. The number of rotatable bonds is 3. The molecule has 0 N–H and O–H groups in total.